The maximum absolute atomic E-state index is 12.8. The summed E-state index contributed by atoms with van der Waals surface area (Å²) in [5, 5.41) is 10.1. The highest BCUT2D eigenvalue weighted by Gasteiger charge is 2.28. The first kappa shape index (κ1) is 21.7. The number of halogens is 1. The molecule has 0 aliphatic rings. The molecule has 6 nitrogen and oxygen atoms in total. The molecule has 0 aliphatic heterocycles. The first-order valence-corrected chi connectivity index (χ1v) is 9.90. The van der Waals surface area contributed by atoms with Gasteiger partial charge in [-0.15, -0.1) is 11.3 Å². The van der Waals surface area contributed by atoms with Crippen molar-refractivity contribution in [1.82, 2.24) is 0 Å². The van der Waals surface area contributed by atoms with E-state index < -0.39 is 17.9 Å². The van der Waals surface area contributed by atoms with Gasteiger partial charge in [-0.2, -0.15) is 5.26 Å². The van der Waals surface area contributed by atoms with Crippen LogP contribution >= 0.6 is 22.9 Å². The standard InChI is InChI=1S/C20H21ClN2O4S/c1-4-26-20(25)17-15(14(9-22)18(23)28-17)10-27-19(24)16(11(2)3)12-5-7-13(21)8-6-12/h5-8,11,16H,4,10,23H2,1-3H3. The zero-order chi connectivity index (χ0) is 20.8. The Bertz CT molecular complexity index is 900. The lowest BCUT2D eigenvalue weighted by molar-refractivity contribution is -0.148. The third-order valence-corrected chi connectivity index (χ3v) is 5.41. The van der Waals surface area contributed by atoms with Crippen LogP contribution in [0.15, 0.2) is 24.3 Å². The number of rotatable bonds is 7. The number of esters is 2. The highest BCUT2D eigenvalue weighted by Crippen LogP contribution is 2.33. The number of hydrogen-bond acceptors (Lipinski definition) is 7. The summed E-state index contributed by atoms with van der Waals surface area (Å²) < 4.78 is 10.5. The van der Waals surface area contributed by atoms with Gasteiger partial charge < -0.3 is 15.2 Å². The van der Waals surface area contributed by atoms with Gasteiger partial charge in [0.05, 0.1) is 18.1 Å². The number of nitriles is 1. The zero-order valence-electron chi connectivity index (χ0n) is 15.8. The van der Waals surface area contributed by atoms with Gasteiger partial charge in [-0.3, -0.25) is 4.79 Å². The summed E-state index contributed by atoms with van der Waals surface area (Å²) in [7, 11) is 0. The monoisotopic (exact) mass is 420 g/mol. The molecule has 2 rings (SSSR count). The van der Waals surface area contributed by atoms with Crippen molar-refractivity contribution in [2.75, 3.05) is 12.3 Å². The SMILES string of the molecule is CCOC(=O)c1sc(N)c(C#N)c1COC(=O)C(c1ccc(Cl)cc1)C(C)C. The van der Waals surface area contributed by atoms with Crippen LogP contribution in [0.2, 0.25) is 5.02 Å². The molecule has 0 radical (unpaired) electrons. The highest BCUT2D eigenvalue weighted by atomic mass is 35.5. The molecule has 1 aromatic carbocycles. The smallest absolute Gasteiger partial charge is 0.348 e. The van der Waals surface area contributed by atoms with E-state index in [4.69, 9.17) is 26.8 Å². The van der Waals surface area contributed by atoms with Crippen LogP contribution in [-0.2, 0) is 20.9 Å². The fraction of sp³-hybridized carbons (Fsp3) is 0.350. The molecule has 0 aliphatic carbocycles. The summed E-state index contributed by atoms with van der Waals surface area (Å²) >= 11 is 6.88. The zero-order valence-corrected chi connectivity index (χ0v) is 17.4. The van der Waals surface area contributed by atoms with Crippen molar-refractivity contribution >= 4 is 39.9 Å². The van der Waals surface area contributed by atoms with Crippen LogP contribution in [0.25, 0.3) is 0 Å². The Morgan fingerprint density at radius 3 is 2.43 bits per heavy atom. The second-order valence-corrected chi connectivity index (χ2v) is 7.85. The molecule has 2 N–H and O–H groups in total. The number of carbonyl (C=O) groups excluding carboxylic acids is 2. The quantitative estimate of drug-likeness (QED) is 0.661. The predicted molar refractivity (Wildman–Crippen MR) is 108 cm³/mol. The predicted octanol–water partition coefficient (Wildman–Crippen LogP) is 4.52. The Kier molecular flexibility index (Phi) is 7.44. The van der Waals surface area contributed by atoms with E-state index in [0.29, 0.717) is 5.02 Å². The third kappa shape index (κ3) is 4.83. The minimum absolute atomic E-state index is 0.0267. The van der Waals surface area contributed by atoms with Crippen molar-refractivity contribution in [3.05, 3.63) is 50.9 Å². The number of carbonyl (C=O) groups is 2. The summed E-state index contributed by atoms with van der Waals surface area (Å²) in [6, 6.07) is 8.95. The Labute approximate surface area is 172 Å². The maximum atomic E-state index is 12.8. The average molecular weight is 421 g/mol. The topological polar surface area (TPSA) is 102 Å². The number of benzene rings is 1. The molecule has 1 heterocycles. The molecule has 1 unspecified atom stereocenters. The van der Waals surface area contributed by atoms with Crippen molar-refractivity contribution in [3.63, 3.8) is 0 Å². The molecular formula is C20H21ClN2O4S. The minimum Gasteiger partial charge on any atom is -0.462 e. The van der Waals surface area contributed by atoms with Crippen molar-refractivity contribution < 1.29 is 19.1 Å². The summed E-state index contributed by atoms with van der Waals surface area (Å²) in [5.74, 6) is -1.59. The molecule has 148 valence electrons. The molecule has 1 atom stereocenters. The molecule has 0 spiro atoms. The summed E-state index contributed by atoms with van der Waals surface area (Å²) in [6.07, 6.45) is 0. The number of nitrogens with zero attached hydrogens (tertiary/aromatic N) is 1. The maximum Gasteiger partial charge on any atom is 0.348 e. The molecule has 0 saturated heterocycles. The molecular weight excluding hydrogens is 400 g/mol. The van der Waals surface area contributed by atoms with Gasteiger partial charge in [0.2, 0.25) is 0 Å². The number of hydrogen-bond donors (Lipinski definition) is 1. The van der Waals surface area contributed by atoms with E-state index in [9.17, 15) is 14.9 Å². The van der Waals surface area contributed by atoms with Crippen molar-refractivity contribution in [3.8, 4) is 6.07 Å². The third-order valence-electron chi connectivity index (χ3n) is 4.12. The van der Waals surface area contributed by atoms with Gasteiger partial charge >= 0.3 is 11.9 Å². The van der Waals surface area contributed by atoms with Gasteiger partial charge in [0, 0.05) is 10.6 Å². The van der Waals surface area contributed by atoms with Crippen LogP contribution in [0, 0.1) is 17.2 Å². The largest absolute Gasteiger partial charge is 0.462 e. The lowest BCUT2D eigenvalue weighted by Gasteiger charge is -2.20. The molecule has 0 bridgehead atoms. The van der Waals surface area contributed by atoms with Crippen LogP contribution in [0.5, 0.6) is 0 Å². The number of anilines is 1. The van der Waals surface area contributed by atoms with E-state index in [2.05, 4.69) is 0 Å². The second-order valence-electron chi connectivity index (χ2n) is 6.36. The number of nitrogens with two attached hydrogens (primary N) is 1. The summed E-state index contributed by atoms with van der Waals surface area (Å²) in [5.41, 5.74) is 7.03. The molecule has 0 amide bonds. The second kappa shape index (κ2) is 9.58. The molecule has 8 heteroatoms. The van der Waals surface area contributed by atoms with Gasteiger partial charge in [0.15, 0.2) is 0 Å². The summed E-state index contributed by atoms with van der Waals surface area (Å²) in [4.78, 5) is 25.1. The van der Waals surface area contributed by atoms with Crippen molar-refractivity contribution in [1.29, 1.82) is 5.26 Å². The number of ether oxygens (including phenoxy) is 2. The van der Waals surface area contributed by atoms with Crippen LogP contribution in [0.4, 0.5) is 5.00 Å². The number of thiophene rings is 1. The molecule has 0 saturated carbocycles. The Hall–Kier alpha value is -2.56. The van der Waals surface area contributed by atoms with Gasteiger partial charge in [0.25, 0.3) is 0 Å². The fourth-order valence-electron chi connectivity index (χ4n) is 2.80. The van der Waals surface area contributed by atoms with E-state index in [1.807, 2.05) is 19.9 Å². The minimum atomic E-state index is -0.593. The Morgan fingerprint density at radius 2 is 1.89 bits per heavy atom. The Morgan fingerprint density at radius 1 is 1.25 bits per heavy atom. The lowest BCUT2D eigenvalue weighted by atomic mass is 9.88. The van der Waals surface area contributed by atoms with E-state index in [-0.39, 0.29) is 40.1 Å². The Balaban J connectivity index is 2.26. The van der Waals surface area contributed by atoms with Gasteiger partial charge in [-0.05, 0) is 30.5 Å². The molecule has 1 aromatic heterocycles. The molecule has 28 heavy (non-hydrogen) atoms. The van der Waals surface area contributed by atoms with Crippen LogP contribution in [-0.4, -0.2) is 18.5 Å². The highest BCUT2D eigenvalue weighted by molar-refractivity contribution is 7.18. The van der Waals surface area contributed by atoms with Gasteiger partial charge in [0.1, 0.15) is 22.6 Å². The fourth-order valence-corrected chi connectivity index (χ4v) is 3.85. The van der Waals surface area contributed by atoms with E-state index in [0.717, 1.165) is 16.9 Å². The normalized spacial score (nSPS) is 11.7. The van der Waals surface area contributed by atoms with Crippen LogP contribution in [0.3, 0.4) is 0 Å². The van der Waals surface area contributed by atoms with E-state index in [1.165, 1.54) is 0 Å². The van der Waals surface area contributed by atoms with E-state index in [1.54, 1.807) is 31.2 Å². The van der Waals surface area contributed by atoms with Crippen molar-refractivity contribution in [2.24, 2.45) is 5.92 Å². The van der Waals surface area contributed by atoms with Crippen molar-refractivity contribution in [2.45, 2.75) is 33.3 Å². The number of nitrogen functional groups attached to an aromatic ring is 1. The first-order chi connectivity index (χ1) is 13.3. The lowest BCUT2D eigenvalue weighted by Crippen LogP contribution is -2.21. The van der Waals surface area contributed by atoms with Crippen LogP contribution in [0.1, 0.15) is 53.1 Å². The van der Waals surface area contributed by atoms with Gasteiger partial charge in [-0.25, -0.2) is 4.79 Å². The first-order valence-electron chi connectivity index (χ1n) is 8.70. The molecule has 0 fully saturated rings. The van der Waals surface area contributed by atoms with Gasteiger partial charge in [-0.1, -0.05) is 37.6 Å². The summed E-state index contributed by atoms with van der Waals surface area (Å²) in [6.45, 7) is 5.45. The molecule has 2 aromatic rings. The van der Waals surface area contributed by atoms with Crippen LogP contribution < -0.4 is 5.73 Å². The van der Waals surface area contributed by atoms with E-state index >= 15 is 0 Å². The average Bonchev–Trinajstić information content (AvgIpc) is 2.97.